The molecule has 0 heterocycles. The van der Waals surface area contributed by atoms with Gasteiger partial charge in [-0.2, -0.15) is 0 Å². The van der Waals surface area contributed by atoms with Crippen molar-refractivity contribution in [2.24, 2.45) is 0 Å². The van der Waals surface area contributed by atoms with Crippen molar-refractivity contribution in [3.05, 3.63) is 52.5 Å². The minimum Gasteiger partial charge on any atom is -0.493 e. The van der Waals surface area contributed by atoms with Gasteiger partial charge in [0, 0.05) is 28.9 Å². The van der Waals surface area contributed by atoms with E-state index in [-0.39, 0.29) is 6.54 Å². The molecule has 0 saturated carbocycles. The first kappa shape index (κ1) is 19.5. The Bertz CT molecular complexity index is 814. The molecule has 8 heteroatoms. The standard InChI is InChI=1S/C18H18ClFN2O4/c1-25-15-6-4-13(8-16(15)26-2)22-18(24)17(23)21-10-11-3-5-14(19)12(7-11)9-20/h3-8H,9-10H2,1-2H3,(H,21,23)(H,22,24). The molecule has 0 radical (unpaired) electrons. The number of benzene rings is 2. The van der Waals surface area contributed by atoms with E-state index in [4.69, 9.17) is 21.1 Å². The van der Waals surface area contributed by atoms with E-state index in [9.17, 15) is 14.0 Å². The van der Waals surface area contributed by atoms with Crippen LogP contribution in [0.15, 0.2) is 36.4 Å². The Balaban J connectivity index is 1.96. The second kappa shape index (κ2) is 9.05. The molecule has 0 fully saturated rings. The third kappa shape index (κ3) is 4.86. The molecular formula is C18H18ClFN2O4. The zero-order valence-electron chi connectivity index (χ0n) is 14.3. The van der Waals surface area contributed by atoms with E-state index in [0.29, 0.717) is 33.3 Å². The number of amides is 2. The number of methoxy groups -OCH3 is 2. The normalized spacial score (nSPS) is 10.2. The highest BCUT2D eigenvalue weighted by atomic mass is 35.5. The van der Waals surface area contributed by atoms with Crippen molar-refractivity contribution < 1.29 is 23.5 Å². The SMILES string of the molecule is COc1ccc(NC(=O)C(=O)NCc2ccc(Cl)c(CF)c2)cc1OC. The lowest BCUT2D eigenvalue weighted by molar-refractivity contribution is -0.136. The first-order chi connectivity index (χ1) is 12.5. The number of carbonyl (C=O) groups is 2. The first-order valence-corrected chi connectivity index (χ1v) is 8.00. The van der Waals surface area contributed by atoms with Gasteiger partial charge in [0.1, 0.15) is 6.67 Å². The zero-order valence-corrected chi connectivity index (χ0v) is 15.0. The van der Waals surface area contributed by atoms with Crippen molar-refractivity contribution in [2.75, 3.05) is 19.5 Å². The maximum atomic E-state index is 12.8. The molecule has 138 valence electrons. The zero-order chi connectivity index (χ0) is 19.1. The molecule has 0 unspecified atom stereocenters. The van der Waals surface area contributed by atoms with Crippen LogP contribution in [0.3, 0.4) is 0 Å². The van der Waals surface area contributed by atoms with E-state index in [2.05, 4.69) is 10.6 Å². The molecule has 0 spiro atoms. The van der Waals surface area contributed by atoms with Crippen molar-refractivity contribution in [1.29, 1.82) is 0 Å². The molecule has 0 saturated heterocycles. The predicted octanol–water partition coefficient (Wildman–Crippen LogP) is 3.08. The van der Waals surface area contributed by atoms with E-state index in [0.717, 1.165) is 0 Å². The van der Waals surface area contributed by atoms with Gasteiger partial charge in [0.25, 0.3) is 0 Å². The van der Waals surface area contributed by atoms with Gasteiger partial charge in [-0.05, 0) is 29.8 Å². The number of nitrogens with one attached hydrogen (secondary N) is 2. The molecule has 0 aliphatic heterocycles. The number of ether oxygens (including phenoxy) is 2. The maximum Gasteiger partial charge on any atom is 0.313 e. The van der Waals surface area contributed by atoms with Crippen molar-refractivity contribution in [3.8, 4) is 11.5 Å². The lowest BCUT2D eigenvalue weighted by atomic mass is 10.1. The highest BCUT2D eigenvalue weighted by molar-refractivity contribution is 6.39. The summed E-state index contributed by atoms with van der Waals surface area (Å²) < 4.78 is 23.0. The topological polar surface area (TPSA) is 76.7 Å². The summed E-state index contributed by atoms with van der Waals surface area (Å²) in [7, 11) is 2.96. The summed E-state index contributed by atoms with van der Waals surface area (Å²) >= 11 is 5.84. The highest BCUT2D eigenvalue weighted by Crippen LogP contribution is 2.29. The third-order valence-corrected chi connectivity index (χ3v) is 3.92. The largest absolute Gasteiger partial charge is 0.493 e. The van der Waals surface area contributed by atoms with Crippen LogP contribution in [0.25, 0.3) is 0 Å². The molecule has 0 aromatic heterocycles. The van der Waals surface area contributed by atoms with Gasteiger partial charge >= 0.3 is 11.8 Å². The van der Waals surface area contributed by atoms with E-state index >= 15 is 0 Å². The van der Waals surface area contributed by atoms with Crippen LogP contribution in [0.5, 0.6) is 11.5 Å². The Hall–Kier alpha value is -2.80. The van der Waals surface area contributed by atoms with Crippen LogP contribution in [0, 0.1) is 0 Å². The molecule has 0 atom stereocenters. The summed E-state index contributed by atoms with van der Waals surface area (Å²) in [5, 5.41) is 5.25. The van der Waals surface area contributed by atoms with Crippen LogP contribution >= 0.6 is 11.6 Å². The molecule has 2 aromatic carbocycles. The maximum absolute atomic E-state index is 12.8. The van der Waals surface area contributed by atoms with Crippen LogP contribution in [-0.4, -0.2) is 26.0 Å². The van der Waals surface area contributed by atoms with Gasteiger partial charge in [0.05, 0.1) is 14.2 Å². The summed E-state index contributed by atoms with van der Waals surface area (Å²) in [6.45, 7) is -0.636. The summed E-state index contributed by atoms with van der Waals surface area (Å²) in [6, 6.07) is 9.46. The van der Waals surface area contributed by atoms with Crippen LogP contribution in [0.2, 0.25) is 5.02 Å². The summed E-state index contributed by atoms with van der Waals surface area (Å²) in [5.74, 6) is -0.736. The average molecular weight is 381 g/mol. The van der Waals surface area contributed by atoms with Gasteiger partial charge in [0.15, 0.2) is 11.5 Å². The van der Waals surface area contributed by atoms with E-state index in [1.807, 2.05) is 0 Å². The second-order valence-electron chi connectivity index (χ2n) is 5.27. The Labute approximate surface area is 155 Å². The number of hydrogen-bond acceptors (Lipinski definition) is 4. The smallest absolute Gasteiger partial charge is 0.313 e. The van der Waals surface area contributed by atoms with E-state index in [1.165, 1.54) is 26.4 Å². The Kier molecular flexibility index (Phi) is 6.80. The van der Waals surface area contributed by atoms with E-state index in [1.54, 1.807) is 24.3 Å². The number of carbonyl (C=O) groups excluding carboxylic acids is 2. The van der Waals surface area contributed by atoms with Gasteiger partial charge < -0.3 is 20.1 Å². The molecule has 2 N–H and O–H groups in total. The molecule has 0 aliphatic carbocycles. The number of alkyl halides is 1. The monoisotopic (exact) mass is 380 g/mol. The van der Waals surface area contributed by atoms with Gasteiger partial charge in [-0.15, -0.1) is 0 Å². The van der Waals surface area contributed by atoms with Gasteiger partial charge in [-0.25, -0.2) is 4.39 Å². The molecule has 2 amide bonds. The third-order valence-electron chi connectivity index (χ3n) is 3.55. The summed E-state index contributed by atoms with van der Waals surface area (Å²) in [6.07, 6.45) is 0. The average Bonchev–Trinajstić information content (AvgIpc) is 2.66. The van der Waals surface area contributed by atoms with Crippen LogP contribution in [0.4, 0.5) is 10.1 Å². The molecule has 2 aromatic rings. The lowest BCUT2D eigenvalue weighted by Crippen LogP contribution is -2.35. The second-order valence-corrected chi connectivity index (χ2v) is 5.67. The summed E-state index contributed by atoms with van der Waals surface area (Å²) in [4.78, 5) is 23.9. The van der Waals surface area contributed by atoms with Crippen LogP contribution in [-0.2, 0) is 22.8 Å². The predicted molar refractivity (Wildman–Crippen MR) is 96.3 cm³/mol. The summed E-state index contributed by atoms with van der Waals surface area (Å²) in [5.41, 5.74) is 1.34. The van der Waals surface area contributed by atoms with Crippen LogP contribution in [0.1, 0.15) is 11.1 Å². The fraction of sp³-hybridized carbons (Fsp3) is 0.222. The van der Waals surface area contributed by atoms with Crippen molar-refractivity contribution in [1.82, 2.24) is 5.32 Å². The Morgan fingerprint density at radius 3 is 2.42 bits per heavy atom. The van der Waals surface area contributed by atoms with Crippen LogP contribution < -0.4 is 20.1 Å². The molecule has 0 aliphatic rings. The quantitative estimate of drug-likeness (QED) is 0.755. The molecule has 6 nitrogen and oxygen atoms in total. The molecule has 26 heavy (non-hydrogen) atoms. The fourth-order valence-corrected chi connectivity index (χ4v) is 2.37. The molecular weight excluding hydrogens is 363 g/mol. The fourth-order valence-electron chi connectivity index (χ4n) is 2.20. The van der Waals surface area contributed by atoms with E-state index < -0.39 is 18.5 Å². The van der Waals surface area contributed by atoms with Crippen molar-refractivity contribution in [2.45, 2.75) is 13.2 Å². The number of rotatable bonds is 6. The molecule has 2 rings (SSSR count). The Morgan fingerprint density at radius 1 is 1.04 bits per heavy atom. The van der Waals surface area contributed by atoms with Gasteiger partial charge in [-0.3, -0.25) is 9.59 Å². The number of halogens is 2. The Morgan fingerprint density at radius 2 is 1.77 bits per heavy atom. The van der Waals surface area contributed by atoms with Gasteiger partial charge in [-0.1, -0.05) is 17.7 Å². The minimum atomic E-state index is -0.836. The lowest BCUT2D eigenvalue weighted by Gasteiger charge is -2.11. The number of anilines is 1. The molecule has 0 bridgehead atoms. The van der Waals surface area contributed by atoms with Gasteiger partial charge in [0.2, 0.25) is 0 Å². The number of hydrogen-bond donors (Lipinski definition) is 2. The van der Waals surface area contributed by atoms with Crippen molar-refractivity contribution >= 4 is 29.1 Å². The highest BCUT2D eigenvalue weighted by Gasteiger charge is 2.15. The first-order valence-electron chi connectivity index (χ1n) is 7.63. The minimum absolute atomic E-state index is 0.0718. The van der Waals surface area contributed by atoms with Crippen molar-refractivity contribution in [3.63, 3.8) is 0 Å².